The molecule has 0 bridgehead atoms. The lowest BCUT2D eigenvalue weighted by atomic mass is 10.0. The highest BCUT2D eigenvalue weighted by Gasteiger charge is 2.36. The van der Waals surface area contributed by atoms with Gasteiger partial charge in [-0.15, -0.1) is 0 Å². The lowest BCUT2D eigenvalue weighted by Gasteiger charge is -2.33. The number of carbonyl (C=O) groups is 2. The Morgan fingerprint density at radius 1 is 0.791 bits per heavy atom. The summed E-state index contributed by atoms with van der Waals surface area (Å²) >= 11 is 0. The Kier molecular flexibility index (Phi) is 9.87. The van der Waals surface area contributed by atoms with Gasteiger partial charge in [0.25, 0.3) is 10.0 Å². The fourth-order valence-corrected chi connectivity index (χ4v) is 6.01. The maximum absolute atomic E-state index is 14.2. The van der Waals surface area contributed by atoms with E-state index in [0.717, 1.165) is 17.7 Å². The van der Waals surface area contributed by atoms with Crippen molar-refractivity contribution in [3.63, 3.8) is 0 Å². The van der Waals surface area contributed by atoms with Gasteiger partial charge in [0.15, 0.2) is 0 Å². The molecule has 4 aromatic rings. The molecule has 1 atom stereocenters. The van der Waals surface area contributed by atoms with Gasteiger partial charge in [0.2, 0.25) is 11.8 Å². The largest absolute Gasteiger partial charge is 0.416 e. The van der Waals surface area contributed by atoms with Crippen LogP contribution in [-0.2, 0) is 38.8 Å². The topological polar surface area (TPSA) is 86.8 Å². The number of likely N-dealkylation sites (N-methyl/N-ethyl adjacent to an activating group) is 1. The zero-order valence-electron chi connectivity index (χ0n) is 23.2. The number of sulfonamides is 1. The smallest absolute Gasteiger partial charge is 0.357 e. The first-order chi connectivity index (χ1) is 20.5. The molecule has 7 nitrogen and oxygen atoms in total. The Morgan fingerprint density at radius 2 is 1.35 bits per heavy atom. The molecule has 11 heteroatoms. The van der Waals surface area contributed by atoms with E-state index in [1.807, 2.05) is 6.07 Å². The van der Waals surface area contributed by atoms with Crippen LogP contribution in [0.2, 0.25) is 0 Å². The Hall–Kier alpha value is -4.64. The fourth-order valence-electron chi connectivity index (χ4n) is 4.59. The number of carbonyl (C=O) groups excluding carboxylic acids is 2. The normalized spacial score (nSPS) is 12.3. The number of anilines is 1. The molecule has 4 aromatic carbocycles. The summed E-state index contributed by atoms with van der Waals surface area (Å²) in [6.07, 6.45) is -4.63. The minimum absolute atomic E-state index is 0.0492. The fraction of sp³-hybridized carbons (Fsp3) is 0.188. The van der Waals surface area contributed by atoms with E-state index in [2.05, 4.69) is 5.32 Å². The molecule has 224 valence electrons. The predicted molar refractivity (Wildman–Crippen MR) is 157 cm³/mol. The molecular weight excluding hydrogens is 579 g/mol. The van der Waals surface area contributed by atoms with E-state index in [-0.39, 0.29) is 23.5 Å². The molecule has 0 heterocycles. The van der Waals surface area contributed by atoms with Crippen molar-refractivity contribution in [1.29, 1.82) is 0 Å². The van der Waals surface area contributed by atoms with Crippen LogP contribution in [0.1, 0.15) is 16.7 Å². The van der Waals surface area contributed by atoms with E-state index in [1.165, 1.54) is 42.3 Å². The van der Waals surface area contributed by atoms with Gasteiger partial charge in [0.05, 0.1) is 16.1 Å². The number of hydrogen-bond acceptors (Lipinski definition) is 4. The van der Waals surface area contributed by atoms with Crippen molar-refractivity contribution in [2.45, 2.75) is 30.1 Å². The summed E-state index contributed by atoms with van der Waals surface area (Å²) in [7, 11) is -3.08. The second kappa shape index (κ2) is 13.6. The second-order valence-corrected chi connectivity index (χ2v) is 11.6. The summed E-state index contributed by atoms with van der Waals surface area (Å²) < 4.78 is 69.3. The van der Waals surface area contributed by atoms with Crippen molar-refractivity contribution >= 4 is 27.5 Å². The van der Waals surface area contributed by atoms with Crippen LogP contribution in [-0.4, -0.2) is 44.8 Å². The highest BCUT2D eigenvalue weighted by molar-refractivity contribution is 7.92. The number of alkyl halides is 3. The molecule has 1 N–H and O–H groups in total. The van der Waals surface area contributed by atoms with Crippen LogP contribution >= 0.6 is 0 Å². The quantitative estimate of drug-likeness (QED) is 0.251. The minimum atomic E-state index is -4.75. The zero-order valence-corrected chi connectivity index (χ0v) is 24.1. The Labute approximate surface area is 248 Å². The molecule has 0 spiro atoms. The van der Waals surface area contributed by atoms with E-state index in [4.69, 9.17) is 0 Å². The molecular formula is C32H30F3N3O4S. The van der Waals surface area contributed by atoms with E-state index < -0.39 is 46.2 Å². The number of halogens is 3. The van der Waals surface area contributed by atoms with Crippen LogP contribution in [0.4, 0.5) is 18.9 Å². The Morgan fingerprint density at radius 3 is 1.91 bits per heavy atom. The van der Waals surface area contributed by atoms with E-state index in [9.17, 15) is 31.2 Å². The monoisotopic (exact) mass is 609 g/mol. The van der Waals surface area contributed by atoms with Crippen LogP contribution in [0, 0.1) is 0 Å². The van der Waals surface area contributed by atoms with Gasteiger partial charge in [-0.2, -0.15) is 13.2 Å². The van der Waals surface area contributed by atoms with Gasteiger partial charge in [-0.3, -0.25) is 13.9 Å². The van der Waals surface area contributed by atoms with Gasteiger partial charge >= 0.3 is 6.18 Å². The molecule has 43 heavy (non-hydrogen) atoms. The first-order valence-corrected chi connectivity index (χ1v) is 14.8. The van der Waals surface area contributed by atoms with Gasteiger partial charge in [-0.1, -0.05) is 84.9 Å². The highest BCUT2D eigenvalue weighted by atomic mass is 32.2. The number of hydrogen-bond donors (Lipinski definition) is 1. The molecule has 0 fully saturated rings. The molecule has 0 saturated heterocycles. The summed E-state index contributed by atoms with van der Waals surface area (Å²) in [6.45, 7) is -0.903. The highest BCUT2D eigenvalue weighted by Crippen LogP contribution is 2.33. The lowest BCUT2D eigenvalue weighted by molar-refractivity contribution is -0.139. The molecule has 0 aliphatic carbocycles. The van der Waals surface area contributed by atoms with Crippen molar-refractivity contribution in [2.24, 2.45) is 0 Å². The number of nitrogens with one attached hydrogen (secondary N) is 1. The van der Waals surface area contributed by atoms with Gasteiger partial charge in [0, 0.05) is 20.0 Å². The van der Waals surface area contributed by atoms with E-state index in [0.29, 0.717) is 15.9 Å². The van der Waals surface area contributed by atoms with Gasteiger partial charge < -0.3 is 10.2 Å². The number of benzene rings is 4. The molecule has 0 aromatic heterocycles. The second-order valence-electron chi connectivity index (χ2n) is 9.70. The van der Waals surface area contributed by atoms with Crippen molar-refractivity contribution in [1.82, 2.24) is 10.2 Å². The van der Waals surface area contributed by atoms with Crippen LogP contribution in [0.3, 0.4) is 0 Å². The van der Waals surface area contributed by atoms with Crippen molar-refractivity contribution in [3.8, 4) is 0 Å². The first kappa shape index (κ1) is 31.3. The Bertz CT molecular complexity index is 1630. The third-order valence-electron chi connectivity index (χ3n) is 6.78. The third-order valence-corrected chi connectivity index (χ3v) is 8.57. The Balaban J connectivity index is 1.81. The number of rotatable bonds is 11. The van der Waals surface area contributed by atoms with Crippen molar-refractivity contribution in [3.05, 3.63) is 132 Å². The summed E-state index contributed by atoms with van der Waals surface area (Å²) in [6, 6.07) is 27.7. The third kappa shape index (κ3) is 7.81. The molecule has 1 unspecified atom stereocenters. The maximum atomic E-state index is 14.2. The predicted octanol–water partition coefficient (Wildman–Crippen LogP) is 5.29. The van der Waals surface area contributed by atoms with Crippen molar-refractivity contribution < 1.29 is 31.2 Å². The average molecular weight is 610 g/mol. The van der Waals surface area contributed by atoms with Crippen LogP contribution in [0.25, 0.3) is 0 Å². The SMILES string of the molecule is CNC(=O)C(Cc1ccccc1)N(Cc1ccccc1)C(=O)CN(c1cccc(C(F)(F)F)c1)S(=O)(=O)c1ccccc1. The molecule has 0 aliphatic rings. The molecule has 2 amide bonds. The van der Waals surface area contributed by atoms with Gasteiger partial charge in [-0.05, 0) is 41.5 Å². The summed E-state index contributed by atoms with van der Waals surface area (Å²) in [5.41, 5.74) is 0.0216. The minimum Gasteiger partial charge on any atom is -0.357 e. The number of nitrogens with zero attached hydrogens (tertiary/aromatic N) is 2. The molecule has 0 saturated carbocycles. The zero-order chi connectivity index (χ0) is 31.0. The molecule has 0 aliphatic heterocycles. The summed E-state index contributed by atoms with van der Waals surface area (Å²) in [5, 5.41) is 2.58. The number of amides is 2. The molecule has 0 radical (unpaired) electrons. The first-order valence-electron chi connectivity index (χ1n) is 13.3. The van der Waals surface area contributed by atoms with E-state index >= 15 is 0 Å². The molecule has 4 rings (SSSR count). The summed E-state index contributed by atoms with van der Waals surface area (Å²) in [5.74, 6) is -1.25. The van der Waals surface area contributed by atoms with Gasteiger partial charge in [-0.25, -0.2) is 8.42 Å². The van der Waals surface area contributed by atoms with Gasteiger partial charge in [0.1, 0.15) is 12.6 Å². The van der Waals surface area contributed by atoms with Crippen LogP contribution in [0.5, 0.6) is 0 Å². The standard InChI is InChI=1S/C32H30F3N3O4S/c1-36-31(40)29(20-24-12-5-2-6-13-24)37(22-25-14-7-3-8-15-25)30(39)23-38(43(41,42)28-18-9-4-10-19-28)27-17-11-16-26(21-27)32(33,34)35/h2-19,21,29H,20,22-23H2,1H3,(H,36,40). The van der Waals surface area contributed by atoms with E-state index in [1.54, 1.807) is 60.7 Å². The average Bonchev–Trinajstić information content (AvgIpc) is 3.02. The van der Waals surface area contributed by atoms with Crippen LogP contribution in [0.15, 0.2) is 120 Å². The maximum Gasteiger partial charge on any atom is 0.416 e. The lowest BCUT2D eigenvalue weighted by Crippen LogP contribution is -2.53. The van der Waals surface area contributed by atoms with Crippen molar-refractivity contribution in [2.75, 3.05) is 17.9 Å². The van der Waals surface area contributed by atoms with Crippen LogP contribution < -0.4 is 9.62 Å². The summed E-state index contributed by atoms with van der Waals surface area (Å²) in [4.78, 5) is 28.4.